The van der Waals surface area contributed by atoms with Gasteiger partial charge in [0.05, 0.1) is 0 Å². The lowest BCUT2D eigenvalue weighted by atomic mass is 10.2. The van der Waals surface area contributed by atoms with Gasteiger partial charge in [-0.15, -0.1) is 0 Å². The summed E-state index contributed by atoms with van der Waals surface area (Å²) in [4.78, 5) is 0. The summed E-state index contributed by atoms with van der Waals surface area (Å²) in [5.74, 6) is 6.09. The van der Waals surface area contributed by atoms with E-state index in [1.165, 1.54) is 0 Å². The summed E-state index contributed by atoms with van der Waals surface area (Å²) >= 11 is 11.6. The van der Waals surface area contributed by atoms with Crippen LogP contribution < -0.4 is 0 Å². The van der Waals surface area contributed by atoms with Gasteiger partial charge in [0, 0.05) is 21.2 Å². The summed E-state index contributed by atoms with van der Waals surface area (Å²) in [5, 5.41) is 1.41. The Labute approximate surface area is 105 Å². The van der Waals surface area contributed by atoms with Crippen molar-refractivity contribution < 1.29 is 0 Å². The number of rotatable bonds is 0. The molecule has 2 rings (SSSR count). The molecule has 0 nitrogen and oxygen atoms in total. The second-order valence-corrected chi connectivity index (χ2v) is 4.14. The highest BCUT2D eigenvalue weighted by Gasteiger charge is 1.90. The van der Waals surface area contributed by atoms with E-state index in [2.05, 4.69) is 11.8 Å². The highest BCUT2D eigenvalue weighted by molar-refractivity contribution is 6.30. The van der Waals surface area contributed by atoms with E-state index < -0.39 is 0 Å². The molecule has 0 bridgehead atoms. The van der Waals surface area contributed by atoms with Crippen LogP contribution in [0.3, 0.4) is 0 Å². The molecular formula is C14H8Cl2. The van der Waals surface area contributed by atoms with Crippen molar-refractivity contribution in [2.75, 3.05) is 0 Å². The molecule has 0 aliphatic carbocycles. The van der Waals surface area contributed by atoms with Crippen LogP contribution in [0, 0.1) is 11.8 Å². The maximum Gasteiger partial charge on any atom is 0.0418 e. The second kappa shape index (κ2) is 5.07. The number of benzene rings is 2. The maximum atomic E-state index is 5.86. The SMILES string of the molecule is Clc1ccc(C#Cc2cccc(Cl)c2)cc1. The van der Waals surface area contributed by atoms with Crippen molar-refractivity contribution in [1.29, 1.82) is 0 Å². The van der Waals surface area contributed by atoms with Crippen LogP contribution in [-0.2, 0) is 0 Å². The van der Waals surface area contributed by atoms with Crippen LogP contribution in [0.5, 0.6) is 0 Å². The van der Waals surface area contributed by atoms with Gasteiger partial charge in [-0.25, -0.2) is 0 Å². The highest BCUT2D eigenvalue weighted by Crippen LogP contribution is 2.11. The van der Waals surface area contributed by atoms with E-state index in [-0.39, 0.29) is 0 Å². The lowest BCUT2D eigenvalue weighted by Crippen LogP contribution is -1.75. The van der Waals surface area contributed by atoms with Gasteiger partial charge in [0.1, 0.15) is 0 Å². The largest absolute Gasteiger partial charge is 0.0843 e. The zero-order valence-electron chi connectivity index (χ0n) is 8.37. The molecule has 2 aromatic carbocycles. The van der Waals surface area contributed by atoms with Gasteiger partial charge in [-0.3, -0.25) is 0 Å². The Hall–Kier alpha value is -1.42. The van der Waals surface area contributed by atoms with Crippen molar-refractivity contribution in [3.63, 3.8) is 0 Å². The fraction of sp³-hybridized carbons (Fsp3) is 0. The quantitative estimate of drug-likeness (QED) is 0.605. The number of hydrogen-bond donors (Lipinski definition) is 0. The summed E-state index contributed by atoms with van der Waals surface area (Å²) in [5.41, 5.74) is 1.84. The molecule has 0 saturated carbocycles. The average Bonchev–Trinajstić information content (AvgIpc) is 2.28. The van der Waals surface area contributed by atoms with E-state index in [0.717, 1.165) is 11.1 Å². The van der Waals surface area contributed by atoms with Gasteiger partial charge in [-0.2, -0.15) is 0 Å². The first kappa shape index (κ1) is 11.1. The van der Waals surface area contributed by atoms with Crippen LogP contribution in [0.2, 0.25) is 10.0 Å². The third-order valence-corrected chi connectivity index (χ3v) is 2.51. The van der Waals surface area contributed by atoms with Crippen molar-refractivity contribution in [2.24, 2.45) is 0 Å². The molecule has 0 aliphatic rings. The smallest absolute Gasteiger partial charge is 0.0418 e. The zero-order valence-corrected chi connectivity index (χ0v) is 9.89. The number of halogens is 2. The lowest BCUT2D eigenvalue weighted by molar-refractivity contribution is 1.62. The molecule has 0 fully saturated rings. The van der Waals surface area contributed by atoms with Crippen LogP contribution in [0.1, 0.15) is 11.1 Å². The molecule has 0 aromatic heterocycles. The van der Waals surface area contributed by atoms with E-state index in [1.54, 1.807) is 0 Å². The second-order valence-electron chi connectivity index (χ2n) is 3.27. The molecule has 0 unspecified atom stereocenters. The topological polar surface area (TPSA) is 0 Å². The summed E-state index contributed by atoms with van der Waals surface area (Å²) in [6, 6.07) is 14.9. The van der Waals surface area contributed by atoms with E-state index in [1.807, 2.05) is 48.5 Å². The van der Waals surface area contributed by atoms with Crippen LogP contribution in [0.25, 0.3) is 0 Å². The van der Waals surface area contributed by atoms with Crippen LogP contribution in [0.4, 0.5) is 0 Å². The maximum absolute atomic E-state index is 5.86. The molecule has 2 aromatic rings. The third kappa shape index (κ3) is 3.03. The number of hydrogen-bond acceptors (Lipinski definition) is 0. The molecule has 0 heterocycles. The van der Waals surface area contributed by atoms with Gasteiger partial charge in [0.25, 0.3) is 0 Å². The summed E-state index contributed by atoms with van der Waals surface area (Å²) in [6.45, 7) is 0. The first-order chi connectivity index (χ1) is 7.74. The van der Waals surface area contributed by atoms with E-state index in [9.17, 15) is 0 Å². The Balaban J connectivity index is 2.25. The zero-order chi connectivity index (χ0) is 11.4. The monoisotopic (exact) mass is 246 g/mol. The van der Waals surface area contributed by atoms with Gasteiger partial charge in [0.15, 0.2) is 0 Å². The van der Waals surface area contributed by atoms with Crippen molar-refractivity contribution >= 4 is 23.2 Å². The molecule has 2 heteroatoms. The predicted molar refractivity (Wildman–Crippen MR) is 68.9 cm³/mol. The molecule has 0 radical (unpaired) electrons. The van der Waals surface area contributed by atoms with Crippen molar-refractivity contribution in [2.45, 2.75) is 0 Å². The molecular weight excluding hydrogens is 239 g/mol. The first-order valence-electron chi connectivity index (χ1n) is 4.77. The Kier molecular flexibility index (Phi) is 3.51. The first-order valence-corrected chi connectivity index (χ1v) is 5.53. The van der Waals surface area contributed by atoms with Crippen LogP contribution in [-0.4, -0.2) is 0 Å². The molecule has 0 atom stereocenters. The molecule has 16 heavy (non-hydrogen) atoms. The normalized spacial score (nSPS) is 9.38. The Morgan fingerprint density at radius 2 is 1.38 bits per heavy atom. The van der Waals surface area contributed by atoms with Crippen LogP contribution >= 0.6 is 23.2 Å². The summed E-state index contributed by atoms with van der Waals surface area (Å²) < 4.78 is 0. The third-order valence-electron chi connectivity index (χ3n) is 2.02. The summed E-state index contributed by atoms with van der Waals surface area (Å²) in [6.07, 6.45) is 0. The van der Waals surface area contributed by atoms with E-state index in [0.29, 0.717) is 10.0 Å². The fourth-order valence-electron chi connectivity index (χ4n) is 1.24. The molecule has 0 saturated heterocycles. The molecule has 0 amide bonds. The standard InChI is InChI=1S/C14H8Cl2/c15-13-8-6-11(7-9-13)4-5-12-2-1-3-14(16)10-12/h1-3,6-10H. The Morgan fingerprint density at radius 1 is 0.688 bits per heavy atom. The Bertz CT molecular complexity index is 545. The molecule has 0 spiro atoms. The minimum absolute atomic E-state index is 0.697. The van der Waals surface area contributed by atoms with Gasteiger partial charge in [-0.05, 0) is 42.5 Å². The van der Waals surface area contributed by atoms with Crippen molar-refractivity contribution in [3.8, 4) is 11.8 Å². The highest BCUT2D eigenvalue weighted by atomic mass is 35.5. The van der Waals surface area contributed by atoms with Crippen molar-refractivity contribution in [3.05, 3.63) is 69.7 Å². The predicted octanol–water partition coefficient (Wildman–Crippen LogP) is 4.39. The van der Waals surface area contributed by atoms with E-state index >= 15 is 0 Å². The molecule has 0 N–H and O–H groups in total. The van der Waals surface area contributed by atoms with Crippen molar-refractivity contribution in [1.82, 2.24) is 0 Å². The minimum Gasteiger partial charge on any atom is -0.0843 e. The Morgan fingerprint density at radius 3 is 2.06 bits per heavy atom. The summed E-state index contributed by atoms with van der Waals surface area (Å²) in [7, 11) is 0. The van der Waals surface area contributed by atoms with Gasteiger partial charge in [0.2, 0.25) is 0 Å². The average molecular weight is 247 g/mol. The lowest BCUT2D eigenvalue weighted by Gasteiger charge is -1.92. The van der Waals surface area contributed by atoms with E-state index in [4.69, 9.17) is 23.2 Å². The van der Waals surface area contributed by atoms with Gasteiger partial charge < -0.3 is 0 Å². The van der Waals surface area contributed by atoms with Gasteiger partial charge in [-0.1, -0.05) is 41.1 Å². The molecule has 0 aliphatic heterocycles. The minimum atomic E-state index is 0.697. The van der Waals surface area contributed by atoms with Crippen LogP contribution in [0.15, 0.2) is 48.5 Å². The fourth-order valence-corrected chi connectivity index (χ4v) is 1.56. The van der Waals surface area contributed by atoms with Gasteiger partial charge >= 0.3 is 0 Å². The molecule has 78 valence electrons.